The summed E-state index contributed by atoms with van der Waals surface area (Å²) in [7, 11) is 4.86. The first kappa shape index (κ1) is 22.2. The lowest BCUT2D eigenvalue weighted by Gasteiger charge is -2.17. The molecular weight excluding hydrogens is 378 g/mol. The summed E-state index contributed by atoms with van der Waals surface area (Å²) in [4.78, 5) is 0. The van der Waals surface area contributed by atoms with Gasteiger partial charge in [-0.15, -0.1) is 0 Å². The molecule has 0 aliphatic carbocycles. The first-order chi connectivity index (χ1) is 13.5. The predicted octanol–water partition coefficient (Wildman–Crippen LogP) is 5.08. The number of ether oxygens (including phenoxy) is 4. The fourth-order valence-corrected chi connectivity index (χ4v) is 3.01. The van der Waals surface area contributed by atoms with Crippen LogP contribution in [0.1, 0.15) is 31.4 Å². The second-order valence-corrected chi connectivity index (χ2v) is 7.29. The van der Waals surface area contributed by atoms with Crippen molar-refractivity contribution < 1.29 is 18.9 Å². The van der Waals surface area contributed by atoms with Gasteiger partial charge in [0, 0.05) is 29.7 Å². The quantitative estimate of drug-likeness (QED) is 0.562. The summed E-state index contributed by atoms with van der Waals surface area (Å²) >= 11 is 6.38. The Hall–Kier alpha value is -2.11. The monoisotopic (exact) mass is 407 g/mol. The normalized spacial score (nSPS) is 10.8. The van der Waals surface area contributed by atoms with Crippen molar-refractivity contribution in [3.05, 3.63) is 46.5 Å². The second kappa shape index (κ2) is 11.0. The van der Waals surface area contributed by atoms with Gasteiger partial charge in [-0.25, -0.2) is 0 Å². The lowest BCUT2D eigenvalue weighted by molar-refractivity contribution is 0.269. The van der Waals surface area contributed by atoms with E-state index < -0.39 is 0 Å². The van der Waals surface area contributed by atoms with Gasteiger partial charge >= 0.3 is 0 Å². The Bertz CT molecular complexity index is 764. The molecule has 2 aromatic carbocycles. The smallest absolute Gasteiger partial charge is 0.165 e. The van der Waals surface area contributed by atoms with E-state index in [0.29, 0.717) is 42.1 Å². The highest BCUT2D eigenvalue weighted by Crippen LogP contribution is 2.34. The molecule has 154 valence electrons. The van der Waals surface area contributed by atoms with Gasteiger partial charge in [-0.1, -0.05) is 37.6 Å². The van der Waals surface area contributed by atoms with Crippen LogP contribution in [0, 0.1) is 5.92 Å². The van der Waals surface area contributed by atoms with Gasteiger partial charge in [-0.05, 0) is 30.0 Å². The maximum Gasteiger partial charge on any atom is 0.165 e. The Morgan fingerprint density at radius 2 is 1.54 bits per heavy atom. The highest BCUT2D eigenvalue weighted by Gasteiger charge is 2.13. The molecule has 0 atom stereocenters. The maximum absolute atomic E-state index is 6.38. The molecule has 0 amide bonds. The second-order valence-electron chi connectivity index (χ2n) is 6.88. The average molecular weight is 408 g/mol. The fraction of sp³-hybridized carbons (Fsp3) is 0.455. The van der Waals surface area contributed by atoms with E-state index in [9.17, 15) is 0 Å². The van der Waals surface area contributed by atoms with E-state index in [-0.39, 0.29) is 0 Å². The summed E-state index contributed by atoms with van der Waals surface area (Å²) in [6.45, 7) is 6.23. The van der Waals surface area contributed by atoms with Crippen LogP contribution in [0.2, 0.25) is 5.02 Å². The van der Waals surface area contributed by atoms with Crippen molar-refractivity contribution in [2.75, 3.05) is 27.9 Å². The number of methoxy groups -OCH3 is 3. The minimum absolute atomic E-state index is 0.585. The molecule has 1 N–H and O–H groups in total. The number of para-hydroxylation sites is 1. The molecule has 0 aliphatic heterocycles. The number of hydrogen-bond donors (Lipinski definition) is 1. The fourth-order valence-electron chi connectivity index (χ4n) is 2.79. The molecule has 5 nitrogen and oxygen atoms in total. The Balaban J connectivity index is 2.08. The van der Waals surface area contributed by atoms with Crippen molar-refractivity contribution in [3.63, 3.8) is 0 Å². The van der Waals surface area contributed by atoms with Crippen LogP contribution >= 0.6 is 11.6 Å². The van der Waals surface area contributed by atoms with E-state index in [0.717, 1.165) is 29.0 Å². The molecule has 0 aliphatic rings. The molecule has 2 aromatic rings. The van der Waals surface area contributed by atoms with Crippen LogP contribution in [0.3, 0.4) is 0 Å². The van der Waals surface area contributed by atoms with E-state index in [1.807, 2.05) is 24.3 Å². The molecule has 0 saturated carbocycles. The molecule has 0 bridgehead atoms. The van der Waals surface area contributed by atoms with Gasteiger partial charge in [0.15, 0.2) is 23.0 Å². The lowest BCUT2D eigenvalue weighted by atomic mass is 10.1. The third kappa shape index (κ3) is 5.94. The molecule has 2 rings (SSSR count). The highest BCUT2D eigenvalue weighted by atomic mass is 35.5. The number of nitrogens with one attached hydrogen (secondary N) is 1. The average Bonchev–Trinajstić information content (AvgIpc) is 2.69. The van der Waals surface area contributed by atoms with E-state index in [2.05, 4.69) is 19.2 Å². The standard InChI is InChI=1S/C22H30ClNO4/c1-15(2)9-10-28-22-16(7-6-8-19(22)25-3)13-24-14-17-11-20(26-4)21(27-5)12-18(17)23/h6-8,11-12,15,24H,9-10,13-14H2,1-5H3. The van der Waals surface area contributed by atoms with Gasteiger partial charge in [0.1, 0.15) is 0 Å². The van der Waals surface area contributed by atoms with Crippen molar-refractivity contribution >= 4 is 11.6 Å². The van der Waals surface area contributed by atoms with Crippen LogP contribution in [0.4, 0.5) is 0 Å². The molecule has 0 aromatic heterocycles. The number of hydrogen-bond acceptors (Lipinski definition) is 5. The van der Waals surface area contributed by atoms with E-state index >= 15 is 0 Å². The molecule has 0 radical (unpaired) electrons. The highest BCUT2D eigenvalue weighted by molar-refractivity contribution is 6.31. The van der Waals surface area contributed by atoms with Crippen LogP contribution in [0.5, 0.6) is 23.0 Å². The zero-order valence-corrected chi connectivity index (χ0v) is 18.1. The van der Waals surface area contributed by atoms with Gasteiger partial charge in [-0.3, -0.25) is 0 Å². The number of halogens is 1. The van der Waals surface area contributed by atoms with Gasteiger partial charge in [-0.2, -0.15) is 0 Å². The molecule has 0 heterocycles. The number of benzene rings is 2. The first-order valence-electron chi connectivity index (χ1n) is 9.39. The predicted molar refractivity (Wildman–Crippen MR) is 113 cm³/mol. The third-order valence-corrected chi connectivity index (χ3v) is 4.76. The summed E-state index contributed by atoms with van der Waals surface area (Å²) in [6, 6.07) is 9.58. The Morgan fingerprint density at radius 1 is 0.893 bits per heavy atom. The minimum Gasteiger partial charge on any atom is -0.493 e. The first-order valence-corrected chi connectivity index (χ1v) is 9.77. The van der Waals surface area contributed by atoms with Crippen molar-refractivity contribution in [1.82, 2.24) is 5.32 Å². The van der Waals surface area contributed by atoms with E-state index in [1.54, 1.807) is 27.4 Å². The zero-order chi connectivity index (χ0) is 20.5. The zero-order valence-electron chi connectivity index (χ0n) is 17.3. The van der Waals surface area contributed by atoms with Crippen molar-refractivity contribution in [2.45, 2.75) is 33.4 Å². The Morgan fingerprint density at radius 3 is 2.18 bits per heavy atom. The van der Waals surface area contributed by atoms with Gasteiger partial charge in [0.2, 0.25) is 0 Å². The van der Waals surface area contributed by atoms with Gasteiger partial charge in [0.05, 0.1) is 27.9 Å². The van der Waals surface area contributed by atoms with Crippen LogP contribution in [-0.2, 0) is 13.1 Å². The Labute approximate surface area is 172 Å². The summed E-state index contributed by atoms with van der Waals surface area (Å²) < 4.78 is 22.2. The van der Waals surface area contributed by atoms with Gasteiger partial charge in [0.25, 0.3) is 0 Å². The summed E-state index contributed by atoms with van der Waals surface area (Å²) in [5, 5.41) is 4.05. The Kier molecular flexibility index (Phi) is 8.74. The molecule has 0 spiro atoms. The summed E-state index contributed by atoms with van der Waals surface area (Å²) in [6.07, 6.45) is 0.992. The van der Waals surface area contributed by atoms with Crippen LogP contribution < -0.4 is 24.3 Å². The van der Waals surface area contributed by atoms with E-state index in [1.165, 1.54) is 0 Å². The van der Waals surface area contributed by atoms with E-state index in [4.69, 9.17) is 30.5 Å². The van der Waals surface area contributed by atoms with Crippen molar-refractivity contribution in [2.24, 2.45) is 5.92 Å². The SMILES string of the molecule is COc1cc(Cl)c(CNCc2cccc(OC)c2OCCC(C)C)cc1OC. The van der Waals surface area contributed by atoms with Crippen LogP contribution in [0.15, 0.2) is 30.3 Å². The molecule has 0 unspecified atom stereocenters. The topological polar surface area (TPSA) is 49.0 Å². The van der Waals surface area contributed by atoms with Crippen LogP contribution in [-0.4, -0.2) is 27.9 Å². The third-order valence-electron chi connectivity index (χ3n) is 4.41. The summed E-state index contributed by atoms with van der Waals surface area (Å²) in [5.41, 5.74) is 1.98. The van der Waals surface area contributed by atoms with Crippen molar-refractivity contribution in [1.29, 1.82) is 0 Å². The van der Waals surface area contributed by atoms with Crippen molar-refractivity contribution in [3.8, 4) is 23.0 Å². The maximum atomic E-state index is 6.38. The number of rotatable bonds is 11. The van der Waals surface area contributed by atoms with Gasteiger partial charge < -0.3 is 24.3 Å². The molecule has 6 heteroatoms. The molecule has 28 heavy (non-hydrogen) atoms. The summed E-state index contributed by atoms with van der Waals surface area (Å²) in [5.74, 6) is 3.39. The lowest BCUT2D eigenvalue weighted by Crippen LogP contribution is -2.15. The largest absolute Gasteiger partial charge is 0.493 e. The molecular formula is C22H30ClNO4. The molecule has 0 saturated heterocycles. The van der Waals surface area contributed by atoms with Crippen LogP contribution in [0.25, 0.3) is 0 Å². The minimum atomic E-state index is 0.585. The molecule has 0 fully saturated rings.